The number of carbonyl (C=O) groups is 1. The lowest BCUT2D eigenvalue weighted by atomic mass is 9.94. The van der Waals surface area contributed by atoms with Gasteiger partial charge in [0.25, 0.3) is 0 Å². The van der Waals surface area contributed by atoms with Crippen molar-refractivity contribution in [3.63, 3.8) is 0 Å². The number of carbonyl (C=O) groups excluding carboxylic acids is 1. The molecule has 4 rings (SSSR count). The zero-order chi connectivity index (χ0) is 21.5. The number of fused-ring (bicyclic) bond motifs is 2. The number of rotatable bonds is 7. The third-order valence-electron chi connectivity index (χ3n) is 6.36. The summed E-state index contributed by atoms with van der Waals surface area (Å²) in [5, 5.41) is 0. The van der Waals surface area contributed by atoms with Crippen molar-refractivity contribution in [2.75, 3.05) is 39.5 Å². The topological polar surface area (TPSA) is 38.8 Å². The molecule has 4 heteroatoms. The summed E-state index contributed by atoms with van der Waals surface area (Å²) in [6, 6.07) is 17.4. The molecule has 0 spiro atoms. The molecule has 1 atom stereocenters. The summed E-state index contributed by atoms with van der Waals surface area (Å²) in [5.41, 5.74) is 6.74. The van der Waals surface area contributed by atoms with Gasteiger partial charge in [0.15, 0.2) is 0 Å². The summed E-state index contributed by atoms with van der Waals surface area (Å²) in [6.07, 6.45) is 6.35. The van der Waals surface area contributed by atoms with E-state index in [0.717, 1.165) is 45.3 Å². The van der Waals surface area contributed by atoms with Crippen molar-refractivity contribution in [1.29, 1.82) is 0 Å². The molecule has 31 heavy (non-hydrogen) atoms. The Morgan fingerprint density at radius 3 is 2.42 bits per heavy atom. The zero-order valence-electron chi connectivity index (χ0n) is 18.5. The van der Waals surface area contributed by atoms with Crippen LogP contribution in [-0.2, 0) is 27.1 Å². The number of piperidine rings is 1. The highest BCUT2D eigenvalue weighted by Gasteiger charge is 2.26. The summed E-state index contributed by atoms with van der Waals surface area (Å²) in [4.78, 5) is 14.4. The molecule has 1 fully saturated rings. The third-order valence-corrected chi connectivity index (χ3v) is 6.36. The largest absolute Gasteiger partial charge is 0.466 e. The molecule has 2 aromatic carbocycles. The minimum absolute atomic E-state index is 0.00908. The van der Waals surface area contributed by atoms with Crippen LogP contribution >= 0.6 is 0 Å². The standard InChI is InChI=1S/C27H33NO3/c1-2-31-27(29)23-10-7-16-28(20-23)17-19-30-18-15-26-24-11-5-3-8-21(24)13-14-22-9-4-6-12-25(22)26/h3-6,8-9,11-12,15,23H,2,7,10,13-14,16-20H2,1H3/t23-/m1/s1. The first-order valence-corrected chi connectivity index (χ1v) is 11.6. The Hall–Kier alpha value is -2.43. The first kappa shape index (κ1) is 21.8. The maximum atomic E-state index is 12.0. The zero-order valence-corrected chi connectivity index (χ0v) is 18.5. The highest BCUT2D eigenvalue weighted by atomic mass is 16.5. The van der Waals surface area contributed by atoms with Crippen LogP contribution in [0.1, 0.15) is 42.0 Å². The fourth-order valence-electron chi connectivity index (χ4n) is 4.77. The predicted octanol–water partition coefficient (Wildman–Crippen LogP) is 4.51. The van der Waals surface area contributed by atoms with Crippen LogP contribution in [0.5, 0.6) is 0 Å². The van der Waals surface area contributed by atoms with Gasteiger partial charge in [0.05, 0.1) is 25.7 Å². The second-order valence-corrected chi connectivity index (χ2v) is 8.40. The maximum absolute atomic E-state index is 12.0. The molecule has 1 saturated heterocycles. The fourth-order valence-corrected chi connectivity index (χ4v) is 4.77. The molecular weight excluding hydrogens is 386 g/mol. The van der Waals surface area contributed by atoms with Gasteiger partial charge in [-0.25, -0.2) is 0 Å². The second-order valence-electron chi connectivity index (χ2n) is 8.40. The highest BCUT2D eigenvalue weighted by molar-refractivity contribution is 5.84. The van der Waals surface area contributed by atoms with E-state index in [1.54, 1.807) is 0 Å². The monoisotopic (exact) mass is 419 g/mol. The molecule has 2 aliphatic rings. The van der Waals surface area contributed by atoms with Crippen LogP contribution < -0.4 is 0 Å². The molecule has 0 radical (unpaired) electrons. The van der Waals surface area contributed by atoms with E-state index in [2.05, 4.69) is 59.5 Å². The number of ether oxygens (including phenoxy) is 2. The number of hydrogen-bond donors (Lipinski definition) is 0. The molecule has 1 heterocycles. The number of likely N-dealkylation sites (tertiary alicyclic amines) is 1. The molecule has 0 aromatic heterocycles. The fraction of sp³-hybridized carbons (Fsp3) is 0.444. The Morgan fingerprint density at radius 1 is 1.06 bits per heavy atom. The molecule has 0 amide bonds. The Morgan fingerprint density at radius 2 is 1.74 bits per heavy atom. The quantitative estimate of drug-likeness (QED) is 0.489. The molecule has 4 nitrogen and oxygen atoms in total. The number of benzene rings is 2. The van der Waals surface area contributed by atoms with Crippen LogP contribution in [0, 0.1) is 5.92 Å². The molecule has 2 aromatic rings. The average Bonchev–Trinajstić information content (AvgIpc) is 2.96. The van der Waals surface area contributed by atoms with E-state index in [1.165, 1.54) is 27.8 Å². The van der Waals surface area contributed by atoms with Gasteiger partial charge in [-0.15, -0.1) is 0 Å². The first-order chi connectivity index (χ1) is 15.3. The average molecular weight is 420 g/mol. The van der Waals surface area contributed by atoms with Crippen LogP contribution in [0.3, 0.4) is 0 Å². The normalized spacial score (nSPS) is 18.6. The van der Waals surface area contributed by atoms with Crippen molar-refractivity contribution in [1.82, 2.24) is 4.90 Å². The lowest BCUT2D eigenvalue weighted by Crippen LogP contribution is -2.40. The van der Waals surface area contributed by atoms with E-state index >= 15 is 0 Å². The summed E-state index contributed by atoms with van der Waals surface area (Å²) in [6.45, 7) is 6.25. The lowest BCUT2D eigenvalue weighted by molar-refractivity contribution is -0.150. The third kappa shape index (κ3) is 5.44. The van der Waals surface area contributed by atoms with E-state index in [1.807, 2.05) is 6.92 Å². The summed E-state index contributed by atoms with van der Waals surface area (Å²) < 4.78 is 11.2. The number of hydrogen-bond acceptors (Lipinski definition) is 4. The van der Waals surface area contributed by atoms with Crippen molar-refractivity contribution in [2.45, 2.75) is 32.6 Å². The van der Waals surface area contributed by atoms with Gasteiger partial charge in [-0.05, 0) is 67.0 Å². The summed E-state index contributed by atoms with van der Waals surface area (Å²) >= 11 is 0. The summed E-state index contributed by atoms with van der Waals surface area (Å²) in [7, 11) is 0. The second kappa shape index (κ2) is 10.7. The predicted molar refractivity (Wildman–Crippen MR) is 124 cm³/mol. The van der Waals surface area contributed by atoms with E-state index in [0.29, 0.717) is 19.8 Å². The SMILES string of the molecule is CCOC(=O)[C@@H]1CCCN(CCOCC=C2c3ccccc3CCc3ccccc32)C1. The van der Waals surface area contributed by atoms with E-state index in [9.17, 15) is 4.79 Å². The van der Waals surface area contributed by atoms with Crippen molar-refractivity contribution in [3.8, 4) is 0 Å². The smallest absolute Gasteiger partial charge is 0.310 e. The Kier molecular flexibility index (Phi) is 7.55. The number of aryl methyl sites for hydroxylation is 2. The van der Waals surface area contributed by atoms with Gasteiger partial charge >= 0.3 is 5.97 Å². The van der Waals surface area contributed by atoms with Crippen molar-refractivity contribution >= 4 is 11.5 Å². The van der Waals surface area contributed by atoms with Crippen LogP contribution in [0.4, 0.5) is 0 Å². The molecular formula is C27H33NO3. The van der Waals surface area contributed by atoms with Crippen molar-refractivity contribution in [2.24, 2.45) is 5.92 Å². The van der Waals surface area contributed by atoms with Crippen LogP contribution in [-0.4, -0.2) is 50.3 Å². The maximum Gasteiger partial charge on any atom is 0.310 e. The van der Waals surface area contributed by atoms with Crippen molar-refractivity contribution in [3.05, 3.63) is 76.9 Å². The van der Waals surface area contributed by atoms with Gasteiger partial charge in [-0.3, -0.25) is 4.79 Å². The van der Waals surface area contributed by atoms with E-state index < -0.39 is 0 Å². The van der Waals surface area contributed by atoms with Crippen molar-refractivity contribution < 1.29 is 14.3 Å². The molecule has 1 aliphatic heterocycles. The van der Waals surface area contributed by atoms with Gasteiger partial charge in [0.2, 0.25) is 0 Å². The molecule has 0 saturated carbocycles. The molecule has 1 aliphatic carbocycles. The van der Waals surface area contributed by atoms with Gasteiger partial charge in [0.1, 0.15) is 0 Å². The highest BCUT2D eigenvalue weighted by Crippen LogP contribution is 2.33. The minimum atomic E-state index is -0.0523. The Bertz CT molecular complexity index is 871. The van der Waals surface area contributed by atoms with E-state index in [4.69, 9.17) is 9.47 Å². The van der Waals surface area contributed by atoms with Gasteiger partial charge in [0, 0.05) is 13.1 Å². The Labute approximate surface area is 185 Å². The van der Waals surface area contributed by atoms with E-state index in [-0.39, 0.29) is 11.9 Å². The van der Waals surface area contributed by atoms with Crippen LogP contribution in [0.2, 0.25) is 0 Å². The number of nitrogens with zero attached hydrogens (tertiary/aromatic N) is 1. The van der Waals surface area contributed by atoms with Gasteiger partial charge in [-0.1, -0.05) is 54.6 Å². The van der Waals surface area contributed by atoms with Crippen LogP contribution in [0.15, 0.2) is 54.6 Å². The van der Waals surface area contributed by atoms with Gasteiger partial charge in [-0.2, -0.15) is 0 Å². The molecule has 0 N–H and O–H groups in total. The molecule has 164 valence electrons. The van der Waals surface area contributed by atoms with Crippen LogP contribution in [0.25, 0.3) is 5.57 Å². The molecule has 0 unspecified atom stereocenters. The first-order valence-electron chi connectivity index (χ1n) is 11.6. The number of esters is 1. The Balaban J connectivity index is 1.36. The van der Waals surface area contributed by atoms with Gasteiger partial charge < -0.3 is 14.4 Å². The minimum Gasteiger partial charge on any atom is -0.466 e. The summed E-state index contributed by atoms with van der Waals surface area (Å²) in [5.74, 6) is -0.0432. The molecule has 0 bridgehead atoms. The lowest BCUT2D eigenvalue weighted by Gasteiger charge is -2.31.